The highest BCUT2D eigenvalue weighted by Crippen LogP contribution is 2.05. The lowest BCUT2D eigenvalue weighted by atomic mass is 10.0. The fraction of sp³-hybridized carbons (Fsp3) is 0.429. The summed E-state index contributed by atoms with van der Waals surface area (Å²) in [6.07, 6.45) is 4.80. The minimum atomic E-state index is -0.373. The van der Waals surface area contributed by atoms with Crippen LogP contribution in [-0.4, -0.2) is 31.5 Å². The molecule has 2 aromatic rings. The predicted octanol–water partition coefficient (Wildman–Crippen LogP) is 0.431. The van der Waals surface area contributed by atoms with Crippen LogP contribution >= 0.6 is 0 Å². The van der Waals surface area contributed by atoms with E-state index in [1.165, 1.54) is 15.4 Å². The molecule has 1 N–H and O–H groups in total. The van der Waals surface area contributed by atoms with Crippen molar-refractivity contribution in [3.8, 4) is 0 Å². The summed E-state index contributed by atoms with van der Waals surface area (Å²) >= 11 is 0. The number of carbonyl (C=O) groups excluding carboxylic acids is 1. The van der Waals surface area contributed by atoms with E-state index >= 15 is 0 Å². The topological polar surface area (TPSA) is 81.8 Å². The van der Waals surface area contributed by atoms with Crippen LogP contribution in [0.1, 0.15) is 24.2 Å². The van der Waals surface area contributed by atoms with Gasteiger partial charge in [0.2, 0.25) is 0 Å². The van der Waals surface area contributed by atoms with Gasteiger partial charge in [-0.2, -0.15) is 15.0 Å². The van der Waals surface area contributed by atoms with E-state index in [4.69, 9.17) is 0 Å². The van der Waals surface area contributed by atoms with Gasteiger partial charge in [-0.15, -0.1) is 0 Å². The average molecular weight is 289 g/mol. The van der Waals surface area contributed by atoms with Gasteiger partial charge in [-0.3, -0.25) is 9.59 Å². The molecule has 7 nitrogen and oxygen atoms in total. The molecule has 21 heavy (non-hydrogen) atoms. The lowest BCUT2D eigenvalue weighted by Gasteiger charge is -2.21. The van der Waals surface area contributed by atoms with Gasteiger partial charge in [-0.25, -0.2) is 0 Å². The number of nitrogens with zero attached hydrogens (tertiary/aromatic N) is 4. The number of hydrogen-bond acceptors (Lipinski definition) is 4. The molecule has 2 aromatic heterocycles. The molecule has 112 valence electrons. The zero-order valence-electron chi connectivity index (χ0n) is 12.4. The molecule has 1 amide bonds. The van der Waals surface area contributed by atoms with Crippen molar-refractivity contribution in [3.63, 3.8) is 0 Å². The maximum atomic E-state index is 12.3. The van der Waals surface area contributed by atoms with Gasteiger partial charge < -0.3 is 9.88 Å². The Morgan fingerprint density at radius 1 is 1.33 bits per heavy atom. The normalized spacial score (nSPS) is 12.4. The Morgan fingerprint density at radius 2 is 2.00 bits per heavy atom. The summed E-state index contributed by atoms with van der Waals surface area (Å²) in [6.45, 7) is 4.46. The van der Waals surface area contributed by atoms with Gasteiger partial charge in [-0.1, -0.05) is 13.8 Å². The van der Waals surface area contributed by atoms with Gasteiger partial charge in [-0.05, 0) is 18.1 Å². The van der Waals surface area contributed by atoms with Crippen LogP contribution in [0.4, 0.5) is 0 Å². The predicted molar refractivity (Wildman–Crippen MR) is 77.8 cm³/mol. The summed E-state index contributed by atoms with van der Waals surface area (Å²) in [6, 6.07) is 3.05. The standard InChI is InChI=1S/C14H19N5O2/c1-10(2)12(9-19-15-6-7-16-19)17-13(20)11-5-4-8-18(3)14(11)21/h4-8,10,12H,9H2,1-3H3,(H,17,20). The Kier molecular flexibility index (Phi) is 4.52. The first-order chi connectivity index (χ1) is 9.99. The summed E-state index contributed by atoms with van der Waals surface area (Å²) in [7, 11) is 1.62. The van der Waals surface area contributed by atoms with Gasteiger partial charge in [0.05, 0.1) is 25.0 Å². The monoisotopic (exact) mass is 289 g/mol. The van der Waals surface area contributed by atoms with Crippen molar-refractivity contribution < 1.29 is 4.79 Å². The van der Waals surface area contributed by atoms with E-state index in [9.17, 15) is 9.59 Å². The van der Waals surface area contributed by atoms with Crippen LogP contribution in [0.25, 0.3) is 0 Å². The fourth-order valence-electron chi connectivity index (χ4n) is 1.95. The van der Waals surface area contributed by atoms with Gasteiger partial charge in [0.25, 0.3) is 11.5 Å². The van der Waals surface area contributed by atoms with E-state index in [0.717, 1.165) is 0 Å². The van der Waals surface area contributed by atoms with Crippen molar-refractivity contribution >= 4 is 5.91 Å². The molecule has 2 heterocycles. The minimum Gasteiger partial charge on any atom is -0.347 e. The Morgan fingerprint density at radius 3 is 2.62 bits per heavy atom. The third kappa shape index (κ3) is 3.56. The lowest BCUT2D eigenvalue weighted by molar-refractivity contribution is 0.0915. The summed E-state index contributed by atoms with van der Waals surface area (Å²) in [5.74, 6) is -0.186. The van der Waals surface area contributed by atoms with E-state index in [2.05, 4.69) is 15.5 Å². The zero-order valence-corrected chi connectivity index (χ0v) is 12.4. The summed E-state index contributed by atoms with van der Waals surface area (Å²) in [4.78, 5) is 25.8. The molecule has 7 heteroatoms. The molecule has 0 saturated carbocycles. The van der Waals surface area contributed by atoms with Crippen LogP contribution in [0, 0.1) is 5.92 Å². The highest BCUT2D eigenvalue weighted by molar-refractivity contribution is 5.93. The molecule has 0 saturated heterocycles. The Balaban J connectivity index is 2.15. The molecular formula is C14H19N5O2. The van der Waals surface area contributed by atoms with E-state index in [0.29, 0.717) is 6.54 Å². The second-order valence-electron chi connectivity index (χ2n) is 5.25. The molecule has 2 rings (SSSR count). The smallest absolute Gasteiger partial charge is 0.263 e. The number of aryl methyl sites for hydroxylation is 1. The zero-order chi connectivity index (χ0) is 15.4. The van der Waals surface area contributed by atoms with Crippen molar-refractivity contribution in [2.75, 3.05) is 0 Å². The van der Waals surface area contributed by atoms with Crippen LogP contribution in [0.3, 0.4) is 0 Å². The van der Waals surface area contributed by atoms with Crippen LogP contribution in [0.15, 0.2) is 35.5 Å². The molecule has 1 atom stereocenters. The van der Waals surface area contributed by atoms with Crippen molar-refractivity contribution in [1.29, 1.82) is 0 Å². The number of amides is 1. The largest absolute Gasteiger partial charge is 0.347 e. The molecule has 0 aliphatic carbocycles. The van der Waals surface area contributed by atoms with E-state index in [1.807, 2.05) is 13.8 Å². The molecule has 0 spiro atoms. The molecule has 0 fully saturated rings. The van der Waals surface area contributed by atoms with Crippen molar-refractivity contribution in [1.82, 2.24) is 24.9 Å². The number of nitrogens with one attached hydrogen (secondary N) is 1. The third-order valence-corrected chi connectivity index (χ3v) is 3.32. The van der Waals surface area contributed by atoms with Crippen LogP contribution < -0.4 is 10.9 Å². The summed E-state index contributed by atoms with van der Waals surface area (Å²) in [5, 5.41) is 11.0. The number of carbonyl (C=O) groups is 1. The number of rotatable bonds is 5. The summed E-state index contributed by atoms with van der Waals surface area (Å²) in [5.41, 5.74) is -0.172. The molecule has 0 bridgehead atoms. The first kappa shape index (κ1) is 15.0. The van der Waals surface area contributed by atoms with Gasteiger partial charge in [0.15, 0.2) is 0 Å². The second kappa shape index (κ2) is 6.34. The highest BCUT2D eigenvalue weighted by Gasteiger charge is 2.20. The van der Waals surface area contributed by atoms with E-state index < -0.39 is 0 Å². The maximum absolute atomic E-state index is 12.3. The summed E-state index contributed by atoms with van der Waals surface area (Å²) < 4.78 is 1.38. The quantitative estimate of drug-likeness (QED) is 0.865. The highest BCUT2D eigenvalue weighted by atomic mass is 16.2. The molecule has 0 aromatic carbocycles. The van der Waals surface area contributed by atoms with Crippen LogP contribution in [0.5, 0.6) is 0 Å². The Hall–Kier alpha value is -2.44. The van der Waals surface area contributed by atoms with Gasteiger partial charge in [0.1, 0.15) is 5.56 Å². The molecular weight excluding hydrogens is 270 g/mol. The van der Waals surface area contributed by atoms with Gasteiger partial charge in [0, 0.05) is 13.2 Å². The lowest BCUT2D eigenvalue weighted by Crippen LogP contribution is -2.44. The average Bonchev–Trinajstić information content (AvgIpc) is 2.93. The van der Waals surface area contributed by atoms with E-state index in [-0.39, 0.29) is 29.0 Å². The molecule has 0 radical (unpaired) electrons. The number of aromatic nitrogens is 4. The van der Waals surface area contributed by atoms with Crippen LogP contribution in [0.2, 0.25) is 0 Å². The maximum Gasteiger partial charge on any atom is 0.263 e. The van der Waals surface area contributed by atoms with Crippen molar-refractivity contribution in [2.45, 2.75) is 26.4 Å². The van der Waals surface area contributed by atoms with Crippen LogP contribution in [-0.2, 0) is 13.6 Å². The Bertz CT molecular complexity index is 660. The fourth-order valence-corrected chi connectivity index (χ4v) is 1.95. The molecule has 0 aliphatic heterocycles. The third-order valence-electron chi connectivity index (χ3n) is 3.32. The van der Waals surface area contributed by atoms with E-state index in [1.54, 1.807) is 31.7 Å². The molecule has 1 unspecified atom stereocenters. The SMILES string of the molecule is CC(C)C(Cn1nccn1)NC(=O)c1cccn(C)c1=O. The minimum absolute atomic E-state index is 0.138. The second-order valence-corrected chi connectivity index (χ2v) is 5.25. The molecule has 0 aliphatic rings. The van der Waals surface area contributed by atoms with Crippen molar-refractivity contribution in [2.24, 2.45) is 13.0 Å². The van der Waals surface area contributed by atoms with Crippen molar-refractivity contribution in [3.05, 3.63) is 46.6 Å². The first-order valence-corrected chi connectivity index (χ1v) is 6.79. The Labute approximate surface area is 122 Å². The number of pyridine rings is 1. The first-order valence-electron chi connectivity index (χ1n) is 6.79. The number of hydrogen-bond donors (Lipinski definition) is 1. The van der Waals surface area contributed by atoms with Gasteiger partial charge >= 0.3 is 0 Å².